The molecule has 1 aromatic rings. The van der Waals surface area contributed by atoms with Gasteiger partial charge in [-0.2, -0.15) is 0 Å². The minimum Gasteiger partial charge on any atom is -0.340 e. The van der Waals surface area contributed by atoms with E-state index in [1.165, 1.54) is 0 Å². The van der Waals surface area contributed by atoms with Gasteiger partial charge in [0, 0.05) is 14.7 Å². The Balaban J connectivity index is 2.28. The molecule has 1 fully saturated rings. The molecule has 0 aliphatic carbocycles. The number of amides is 2. The highest BCUT2D eigenvalue weighted by Crippen LogP contribution is 2.28. The summed E-state index contributed by atoms with van der Waals surface area (Å²) >= 11 is 5.01. The first-order valence-corrected chi connectivity index (χ1v) is 8.46. The molecule has 2 heterocycles. The summed E-state index contributed by atoms with van der Waals surface area (Å²) in [7, 11) is 0. The molecule has 1 aliphatic heterocycles. The van der Waals surface area contributed by atoms with Crippen molar-refractivity contribution in [3.63, 3.8) is 0 Å². The van der Waals surface area contributed by atoms with E-state index in [0.717, 1.165) is 9.35 Å². The Bertz CT molecular complexity index is 525. The molecule has 0 radical (unpaired) electrons. The van der Waals surface area contributed by atoms with Crippen molar-refractivity contribution in [2.75, 3.05) is 0 Å². The van der Waals surface area contributed by atoms with Gasteiger partial charge in [-0.15, -0.1) is 11.3 Å². The molecule has 6 heteroatoms. The second kappa shape index (κ2) is 5.85. The highest BCUT2D eigenvalue weighted by Gasteiger charge is 2.47. The van der Waals surface area contributed by atoms with E-state index in [1.54, 1.807) is 23.2 Å². The molecule has 110 valence electrons. The Kier molecular flexibility index (Phi) is 4.54. The number of carbonyl (C=O) groups is 2. The van der Waals surface area contributed by atoms with Gasteiger partial charge in [-0.25, -0.2) is 0 Å². The monoisotopic (exact) mass is 358 g/mol. The van der Waals surface area contributed by atoms with Crippen LogP contribution in [-0.4, -0.2) is 28.3 Å². The van der Waals surface area contributed by atoms with E-state index >= 15 is 0 Å². The third kappa shape index (κ3) is 2.63. The van der Waals surface area contributed by atoms with Gasteiger partial charge in [0.15, 0.2) is 0 Å². The summed E-state index contributed by atoms with van der Waals surface area (Å²) in [5.41, 5.74) is -0.738. The van der Waals surface area contributed by atoms with Gasteiger partial charge >= 0.3 is 0 Å². The van der Waals surface area contributed by atoms with Crippen LogP contribution in [-0.2, 0) is 16.1 Å². The average molecular weight is 359 g/mol. The fourth-order valence-electron chi connectivity index (χ4n) is 2.53. The molecule has 1 atom stereocenters. The van der Waals surface area contributed by atoms with E-state index in [-0.39, 0.29) is 11.8 Å². The second-order valence-electron chi connectivity index (χ2n) is 5.12. The molecular weight excluding hydrogens is 340 g/mol. The molecule has 1 unspecified atom stereocenters. The van der Waals surface area contributed by atoms with Crippen molar-refractivity contribution in [2.45, 2.75) is 51.7 Å². The van der Waals surface area contributed by atoms with E-state index in [1.807, 2.05) is 25.3 Å². The standard InChI is InChI=1S/C14H19BrN2O2S/c1-4-14(5-2)13(19)17(9(3)12(18)16-14)7-11-6-10(15)8-20-11/h6,8-9H,4-5,7H2,1-3H3,(H,16,18). The van der Waals surface area contributed by atoms with E-state index in [2.05, 4.69) is 21.2 Å². The predicted octanol–water partition coefficient (Wildman–Crippen LogP) is 2.92. The summed E-state index contributed by atoms with van der Waals surface area (Å²) in [5.74, 6) is -0.0388. The van der Waals surface area contributed by atoms with Crippen molar-refractivity contribution in [1.29, 1.82) is 0 Å². The molecule has 0 bridgehead atoms. The van der Waals surface area contributed by atoms with Crippen LogP contribution in [0.4, 0.5) is 0 Å². The number of hydrogen-bond donors (Lipinski definition) is 1. The summed E-state index contributed by atoms with van der Waals surface area (Å²) < 4.78 is 1.01. The molecule has 1 aromatic heterocycles. The first-order chi connectivity index (χ1) is 9.43. The van der Waals surface area contributed by atoms with Gasteiger partial charge in [0.25, 0.3) is 0 Å². The maximum atomic E-state index is 12.8. The molecule has 0 saturated carbocycles. The Labute approximate surface area is 131 Å². The third-order valence-electron chi connectivity index (χ3n) is 4.03. The van der Waals surface area contributed by atoms with E-state index < -0.39 is 11.6 Å². The van der Waals surface area contributed by atoms with Gasteiger partial charge in [-0.1, -0.05) is 13.8 Å². The smallest absolute Gasteiger partial charge is 0.249 e. The zero-order chi connectivity index (χ0) is 14.9. The van der Waals surface area contributed by atoms with Crippen LogP contribution < -0.4 is 5.32 Å². The minimum atomic E-state index is -0.738. The summed E-state index contributed by atoms with van der Waals surface area (Å²) in [6.07, 6.45) is 1.23. The van der Waals surface area contributed by atoms with Crippen molar-refractivity contribution in [2.24, 2.45) is 0 Å². The maximum absolute atomic E-state index is 12.8. The molecular formula is C14H19BrN2O2S. The molecule has 20 heavy (non-hydrogen) atoms. The fourth-order valence-corrected chi connectivity index (χ4v) is 3.98. The van der Waals surface area contributed by atoms with E-state index in [4.69, 9.17) is 0 Å². The number of nitrogens with one attached hydrogen (secondary N) is 1. The Morgan fingerprint density at radius 2 is 2.05 bits per heavy atom. The first-order valence-electron chi connectivity index (χ1n) is 6.79. The number of halogens is 1. The van der Waals surface area contributed by atoms with Gasteiger partial charge in [-0.3, -0.25) is 9.59 Å². The van der Waals surface area contributed by atoms with Crippen LogP contribution in [0.15, 0.2) is 15.9 Å². The highest BCUT2D eigenvalue weighted by molar-refractivity contribution is 9.10. The van der Waals surface area contributed by atoms with Crippen LogP contribution in [0.25, 0.3) is 0 Å². The van der Waals surface area contributed by atoms with Crippen molar-refractivity contribution >= 4 is 39.1 Å². The topological polar surface area (TPSA) is 49.4 Å². The molecule has 4 nitrogen and oxygen atoms in total. The van der Waals surface area contributed by atoms with Crippen LogP contribution in [0.1, 0.15) is 38.5 Å². The van der Waals surface area contributed by atoms with Gasteiger partial charge < -0.3 is 10.2 Å². The summed E-state index contributed by atoms with van der Waals surface area (Å²) in [5, 5.41) is 4.90. The van der Waals surface area contributed by atoms with Crippen molar-refractivity contribution in [3.8, 4) is 0 Å². The van der Waals surface area contributed by atoms with Crippen molar-refractivity contribution < 1.29 is 9.59 Å². The van der Waals surface area contributed by atoms with Crippen LogP contribution in [0, 0.1) is 0 Å². The van der Waals surface area contributed by atoms with E-state index in [0.29, 0.717) is 19.4 Å². The number of rotatable bonds is 4. The van der Waals surface area contributed by atoms with Gasteiger partial charge in [0.05, 0.1) is 6.54 Å². The highest BCUT2D eigenvalue weighted by atomic mass is 79.9. The number of hydrogen-bond acceptors (Lipinski definition) is 3. The number of piperazine rings is 1. The van der Waals surface area contributed by atoms with Crippen molar-refractivity contribution in [1.82, 2.24) is 10.2 Å². The zero-order valence-electron chi connectivity index (χ0n) is 11.9. The normalized spacial score (nSPS) is 22.0. The van der Waals surface area contributed by atoms with Crippen LogP contribution >= 0.6 is 27.3 Å². The lowest BCUT2D eigenvalue weighted by molar-refractivity contribution is -0.155. The zero-order valence-corrected chi connectivity index (χ0v) is 14.3. The summed E-state index contributed by atoms with van der Waals surface area (Å²) in [6.45, 7) is 6.16. The van der Waals surface area contributed by atoms with Crippen LogP contribution in [0.3, 0.4) is 0 Å². The largest absolute Gasteiger partial charge is 0.340 e. The number of nitrogens with zero attached hydrogens (tertiary/aromatic N) is 1. The van der Waals surface area contributed by atoms with Gasteiger partial charge in [0.1, 0.15) is 11.6 Å². The fraction of sp³-hybridized carbons (Fsp3) is 0.571. The lowest BCUT2D eigenvalue weighted by Crippen LogP contribution is -2.69. The second-order valence-corrected chi connectivity index (χ2v) is 7.03. The minimum absolute atomic E-state index is 0.0270. The first kappa shape index (κ1) is 15.5. The molecule has 1 aliphatic rings. The quantitative estimate of drug-likeness (QED) is 0.899. The SMILES string of the molecule is CCC1(CC)NC(=O)C(C)N(Cc2cc(Br)cs2)C1=O. The molecule has 0 aromatic carbocycles. The third-order valence-corrected chi connectivity index (χ3v) is 5.72. The van der Waals surface area contributed by atoms with Gasteiger partial charge in [-0.05, 0) is 41.8 Å². The molecule has 2 rings (SSSR count). The summed E-state index contributed by atoms with van der Waals surface area (Å²) in [4.78, 5) is 27.7. The lowest BCUT2D eigenvalue weighted by atomic mass is 9.87. The predicted molar refractivity (Wildman–Crippen MR) is 83.5 cm³/mol. The van der Waals surface area contributed by atoms with Crippen molar-refractivity contribution in [3.05, 3.63) is 20.8 Å². The summed E-state index contributed by atoms with van der Waals surface area (Å²) in [6, 6.07) is 1.58. The molecule has 1 saturated heterocycles. The molecule has 2 amide bonds. The Hall–Kier alpha value is -0.880. The van der Waals surface area contributed by atoms with Gasteiger partial charge in [0.2, 0.25) is 11.8 Å². The molecule has 0 spiro atoms. The molecule has 1 N–H and O–H groups in total. The number of carbonyl (C=O) groups excluding carboxylic acids is 2. The van der Waals surface area contributed by atoms with E-state index in [9.17, 15) is 9.59 Å². The maximum Gasteiger partial charge on any atom is 0.249 e. The van der Waals surface area contributed by atoms with Crippen LogP contribution in [0.2, 0.25) is 0 Å². The lowest BCUT2D eigenvalue weighted by Gasteiger charge is -2.44. The Morgan fingerprint density at radius 1 is 1.40 bits per heavy atom. The average Bonchev–Trinajstić information content (AvgIpc) is 2.84. The Morgan fingerprint density at radius 3 is 2.55 bits per heavy atom. The van der Waals surface area contributed by atoms with Crippen LogP contribution in [0.5, 0.6) is 0 Å². The number of thiophene rings is 1.